The zero-order chi connectivity index (χ0) is 15.9. The summed E-state index contributed by atoms with van der Waals surface area (Å²) in [5.41, 5.74) is 0. The molecule has 1 rings (SSSR count). The van der Waals surface area contributed by atoms with Gasteiger partial charge in [0.2, 0.25) is 5.91 Å². The van der Waals surface area contributed by atoms with Crippen LogP contribution in [0.4, 0.5) is 23.8 Å². The van der Waals surface area contributed by atoms with E-state index in [0.29, 0.717) is 0 Å². The molecule has 0 aliphatic carbocycles. The van der Waals surface area contributed by atoms with Crippen LogP contribution >= 0.6 is 0 Å². The molecule has 0 atom stereocenters. The number of nitrogens with zero attached hydrogens (tertiary/aromatic N) is 3. The van der Waals surface area contributed by atoms with Gasteiger partial charge in [-0.25, -0.2) is 4.79 Å². The Bertz CT molecular complexity index is 489. The first-order valence-corrected chi connectivity index (χ1v) is 5.97. The molecule has 2 N–H and O–H groups in total. The summed E-state index contributed by atoms with van der Waals surface area (Å²) in [7, 11) is 0. The van der Waals surface area contributed by atoms with Gasteiger partial charge < -0.3 is 10.1 Å². The van der Waals surface area contributed by atoms with Gasteiger partial charge in [-0.2, -0.15) is 23.1 Å². The first-order chi connectivity index (χ1) is 9.80. The van der Waals surface area contributed by atoms with E-state index in [-0.39, 0.29) is 19.0 Å². The van der Waals surface area contributed by atoms with Gasteiger partial charge in [0.25, 0.3) is 0 Å². The number of ether oxygens (including phenoxy) is 1. The SMILES string of the molecule is CCOC(=O)Nc1cnn(CC(=O)NCCC(F)(F)F)n1. The van der Waals surface area contributed by atoms with Crippen molar-refractivity contribution in [3.8, 4) is 0 Å². The minimum Gasteiger partial charge on any atom is -0.450 e. The van der Waals surface area contributed by atoms with Gasteiger partial charge >= 0.3 is 12.3 Å². The Balaban J connectivity index is 2.36. The molecule has 0 fully saturated rings. The molecular weight excluding hydrogens is 295 g/mol. The van der Waals surface area contributed by atoms with Crippen molar-refractivity contribution < 1.29 is 27.5 Å². The summed E-state index contributed by atoms with van der Waals surface area (Å²) in [6, 6.07) is 0. The highest BCUT2D eigenvalue weighted by Gasteiger charge is 2.26. The number of carbonyl (C=O) groups excluding carboxylic acids is 2. The monoisotopic (exact) mass is 309 g/mol. The molecule has 0 aromatic carbocycles. The average Bonchev–Trinajstić information content (AvgIpc) is 2.74. The quantitative estimate of drug-likeness (QED) is 0.814. The summed E-state index contributed by atoms with van der Waals surface area (Å²) in [6.07, 6.45) is -4.98. The van der Waals surface area contributed by atoms with E-state index in [0.717, 1.165) is 4.80 Å². The Morgan fingerprint density at radius 2 is 2.14 bits per heavy atom. The van der Waals surface area contributed by atoms with Crippen LogP contribution in [0.2, 0.25) is 0 Å². The highest BCUT2D eigenvalue weighted by molar-refractivity contribution is 5.83. The number of anilines is 1. The lowest BCUT2D eigenvalue weighted by molar-refractivity contribution is -0.135. The first kappa shape index (κ1) is 16.7. The predicted molar refractivity (Wildman–Crippen MR) is 64.3 cm³/mol. The molecule has 0 aliphatic heterocycles. The lowest BCUT2D eigenvalue weighted by Crippen LogP contribution is -2.31. The van der Waals surface area contributed by atoms with Crippen molar-refractivity contribution in [2.75, 3.05) is 18.5 Å². The molecule has 0 unspecified atom stereocenters. The molecule has 0 aliphatic rings. The maximum atomic E-state index is 11.9. The van der Waals surface area contributed by atoms with Gasteiger partial charge in [-0.1, -0.05) is 0 Å². The van der Waals surface area contributed by atoms with E-state index in [1.165, 1.54) is 6.20 Å². The number of hydrogen-bond acceptors (Lipinski definition) is 5. The van der Waals surface area contributed by atoms with E-state index in [1.54, 1.807) is 6.92 Å². The van der Waals surface area contributed by atoms with Gasteiger partial charge in [0.05, 0.1) is 19.2 Å². The highest BCUT2D eigenvalue weighted by atomic mass is 19.4. The molecule has 1 aromatic heterocycles. The van der Waals surface area contributed by atoms with Crippen LogP contribution in [0.25, 0.3) is 0 Å². The van der Waals surface area contributed by atoms with Crippen LogP contribution in [0.15, 0.2) is 6.20 Å². The third-order valence-electron chi connectivity index (χ3n) is 2.06. The Morgan fingerprint density at radius 1 is 1.43 bits per heavy atom. The molecule has 0 saturated carbocycles. The molecule has 2 amide bonds. The number of carbonyl (C=O) groups is 2. The number of alkyl halides is 3. The minimum atomic E-state index is -4.33. The normalized spacial score (nSPS) is 11.0. The van der Waals surface area contributed by atoms with Gasteiger partial charge in [-0.3, -0.25) is 10.1 Å². The third kappa shape index (κ3) is 7.13. The molecule has 1 heterocycles. The van der Waals surface area contributed by atoms with Gasteiger partial charge in [-0.15, -0.1) is 5.10 Å². The number of amides is 2. The summed E-state index contributed by atoms with van der Waals surface area (Å²) < 4.78 is 40.3. The molecule has 0 bridgehead atoms. The molecule has 118 valence electrons. The molecule has 0 radical (unpaired) electrons. The van der Waals surface area contributed by atoms with Crippen molar-refractivity contribution in [1.82, 2.24) is 20.3 Å². The smallest absolute Gasteiger partial charge is 0.412 e. The maximum Gasteiger partial charge on any atom is 0.412 e. The fraction of sp³-hybridized carbons (Fsp3) is 0.600. The lowest BCUT2D eigenvalue weighted by atomic mass is 10.4. The zero-order valence-corrected chi connectivity index (χ0v) is 11.1. The van der Waals surface area contributed by atoms with Crippen LogP contribution in [-0.4, -0.2) is 46.3 Å². The van der Waals surface area contributed by atoms with E-state index >= 15 is 0 Å². The first-order valence-electron chi connectivity index (χ1n) is 5.97. The van der Waals surface area contributed by atoms with Crippen LogP contribution in [0.1, 0.15) is 13.3 Å². The van der Waals surface area contributed by atoms with Gasteiger partial charge in [0.15, 0.2) is 5.82 Å². The van der Waals surface area contributed by atoms with Crippen LogP contribution in [-0.2, 0) is 16.1 Å². The molecular formula is C10H14F3N5O3. The number of rotatable bonds is 6. The molecule has 11 heteroatoms. The van der Waals surface area contributed by atoms with Crippen LogP contribution in [0, 0.1) is 0 Å². The Hall–Kier alpha value is -2.33. The van der Waals surface area contributed by atoms with E-state index < -0.39 is 31.1 Å². The molecule has 1 aromatic rings. The van der Waals surface area contributed by atoms with Crippen molar-refractivity contribution in [1.29, 1.82) is 0 Å². The van der Waals surface area contributed by atoms with Gasteiger partial charge in [0.1, 0.15) is 6.54 Å². The molecule has 21 heavy (non-hydrogen) atoms. The topological polar surface area (TPSA) is 98.1 Å². The van der Waals surface area contributed by atoms with E-state index in [2.05, 4.69) is 25.6 Å². The maximum absolute atomic E-state index is 11.9. The summed E-state index contributed by atoms with van der Waals surface area (Å²) in [6.45, 7) is 0.934. The van der Waals surface area contributed by atoms with Crippen molar-refractivity contribution in [2.45, 2.75) is 26.1 Å². The van der Waals surface area contributed by atoms with E-state index in [4.69, 9.17) is 0 Å². The standard InChI is InChI=1S/C10H14F3N5O3/c1-2-21-9(20)16-7-5-15-18(17-7)6-8(19)14-4-3-10(11,12)13/h5H,2-4,6H2,1H3,(H,14,19)(H,16,17,20). The molecule has 8 nitrogen and oxygen atoms in total. The Morgan fingerprint density at radius 3 is 2.76 bits per heavy atom. The summed E-state index contributed by atoms with van der Waals surface area (Å²) in [5.74, 6) is -0.603. The second kappa shape index (κ2) is 7.45. The van der Waals surface area contributed by atoms with Crippen molar-refractivity contribution in [2.24, 2.45) is 0 Å². The zero-order valence-electron chi connectivity index (χ0n) is 11.1. The van der Waals surface area contributed by atoms with Gasteiger partial charge in [0, 0.05) is 6.54 Å². The summed E-state index contributed by atoms with van der Waals surface area (Å²) in [5, 5.41) is 11.8. The van der Waals surface area contributed by atoms with Crippen molar-refractivity contribution in [3.05, 3.63) is 6.20 Å². The fourth-order valence-corrected chi connectivity index (χ4v) is 1.23. The van der Waals surface area contributed by atoms with Crippen LogP contribution in [0.3, 0.4) is 0 Å². The van der Waals surface area contributed by atoms with E-state index in [9.17, 15) is 22.8 Å². The van der Waals surface area contributed by atoms with Crippen molar-refractivity contribution in [3.63, 3.8) is 0 Å². The summed E-state index contributed by atoms with van der Waals surface area (Å²) in [4.78, 5) is 23.4. The molecule has 0 saturated heterocycles. The van der Waals surface area contributed by atoms with Crippen molar-refractivity contribution >= 4 is 17.8 Å². The number of halogens is 3. The minimum absolute atomic E-state index is 0.0662. The van der Waals surface area contributed by atoms with Crippen LogP contribution in [0.5, 0.6) is 0 Å². The largest absolute Gasteiger partial charge is 0.450 e. The second-order valence-corrected chi connectivity index (χ2v) is 3.82. The molecule has 0 spiro atoms. The second-order valence-electron chi connectivity index (χ2n) is 3.82. The summed E-state index contributed by atoms with van der Waals surface area (Å²) >= 11 is 0. The number of hydrogen-bond donors (Lipinski definition) is 2. The number of aromatic nitrogens is 3. The van der Waals surface area contributed by atoms with Crippen LogP contribution < -0.4 is 10.6 Å². The lowest BCUT2D eigenvalue weighted by Gasteiger charge is -2.07. The predicted octanol–water partition coefficient (Wildman–Crippen LogP) is 0.915. The average molecular weight is 309 g/mol. The Labute approximate surface area is 117 Å². The van der Waals surface area contributed by atoms with E-state index in [1.807, 2.05) is 0 Å². The number of nitrogens with one attached hydrogen (secondary N) is 2. The Kier molecular flexibility index (Phi) is 5.93. The third-order valence-corrected chi connectivity index (χ3v) is 2.06. The van der Waals surface area contributed by atoms with Gasteiger partial charge in [-0.05, 0) is 6.92 Å². The highest BCUT2D eigenvalue weighted by Crippen LogP contribution is 2.18. The fourth-order valence-electron chi connectivity index (χ4n) is 1.23.